The van der Waals surface area contributed by atoms with Gasteiger partial charge in [-0.1, -0.05) is 71.9 Å². The molecule has 0 aliphatic heterocycles. The van der Waals surface area contributed by atoms with E-state index in [-0.39, 0.29) is 24.5 Å². The second kappa shape index (κ2) is 11.4. The number of hydrogen-bond acceptors (Lipinski definition) is 5. The first-order valence-corrected chi connectivity index (χ1v) is 10.9. The number of likely N-dealkylation sites (N-methyl/N-ethyl adjacent to an activating group) is 1. The van der Waals surface area contributed by atoms with Crippen LogP contribution in [0.25, 0.3) is 0 Å². The van der Waals surface area contributed by atoms with Crippen molar-refractivity contribution >= 4 is 17.8 Å². The Morgan fingerprint density at radius 2 is 1.69 bits per heavy atom. The fraction of sp³-hybridized carbons (Fsp3) is 0.625. The summed E-state index contributed by atoms with van der Waals surface area (Å²) in [5.41, 5.74) is 5.57. The van der Waals surface area contributed by atoms with Crippen molar-refractivity contribution in [1.29, 1.82) is 0 Å². The van der Waals surface area contributed by atoms with Gasteiger partial charge in [0, 0.05) is 12.5 Å². The number of nitrogens with zero attached hydrogens (tertiary/aromatic N) is 1. The van der Waals surface area contributed by atoms with E-state index in [1.54, 1.807) is 0 Å². The Labute approximate surface area is 191 Å². The highest BCUT2D eigenvalue weighted by Crippen LogP contribution is 2.40. The van der Waals surface area contributed by atoms with Crippen molar-refractivity contribution in [2.75, 3.05) is 13.7 Å². The Balaban J connectivity index is 3.02. The van der Waals surface area contributed by atoms with E-state index in [1.165, 1.54) is 11.9 Å². The SMILES string of the molecule is CC(C)C(C)(C)CC(C)(C)C(=O)N(C)C(COCc1ccccc1)C(=O)NC(N)C(=O)O. The van der Waals surface area contributed by atoms with Crippen LogP contribution in [0.5, 0.6) is 0 Å². The molecule has 0 bridgehead atoms. The Hall–Kier alpha value is -2.45. The molecule has 0 radical (unpaired) electrons. The molecule has 2 unspecified atom stereocenters. The number of aliphatic carboxylic acids is 1. The summed E-state index contributed by atoms with van der Waals surface area (Å²) in [4.78, 5) is 38.7. The molecule has 4 N–H and O–H groups in total. The molecular weight excluding hydrogens is 410 g/mol. The Kier molecular flexibility index (Phi) is 9.85. The fourth-order valence-corrected chi connectivity index (χ4v) is 3.57. The molecule has 0 aliphatic rings. The van der Waals surface area contributed by atoms with E-state index in [9.17, 15) is 14.4 Å². The van der Waals surface area contributed by atoms with Crippen molar-refractivity contribution in [3.05, 3.63) is 35.9 Å². The van der Waals surface area contributed by atoms with Crippen molar-refractivity contribution < 1.29 is 24.2 Å². The van der Waals surface area contributed by atoms with Crippen LogP contribution < -0.4 is 11.1 Å². The number of ether oxygens (including phenoxy) is 1. The second-order valence-electron chi connectivity index (χ2n) is 9.96. The van der Waals surface area contributed by atoms with Gasteiger partial charge in [0.15, 0.2) is 6.17 Å². The third kappa shape index (κ3) is 7.91. The van der Waals surface area contributed by atoms with Crippen molar-refractivity contribution in [2.24, 2.45) is 22.5 Å². The van der Waals surface area contributed by atoms with Crippen LogP contribution >= 0.6 is 0 Å². The van der Waals surface area contributed by atoms with Crippen LogP contribution in [-0.2, 0) is 25.7 Å². The molecule has 0 saturated heterocycles. The van der Waals surface area contributed by atoms with E-state index < -0.39 is 29.5 Å². The van der Waals surface area contributed by atoms with Gasteiger partial charge < -0.3 is 25.8 Å². The average Bonchev–Trinajstić information content (AvgIpc) is 2.69. The molecule has 0 aliphatic carbocycles. The smallest absolute Gasteiger partial charge is 0.341 e. The zero-order chi connectivity index (χ0) is 24.7. The maximum absolute atomic E-state index is 13.4. The van der Waals surface area contributed by atoms with Gasteiger partial charge in [-0.25, -0.2) is 4.79 Å². The number of carboxylic acid groups (broad SMARTS) is 1. The molecule has 2 amide bonds. The molecule has 32 heavy (non-hydrogen) atoms. The zero-order valence-corrected chi connectivity index (χ0v) is 20.3. The Morgan fingerprint density at radius 1 is 1.12 bits per heavy atom. The van der Waals surface area contributed by atoms with E-state index in [1.807, 2.05) is 44.2 Å². The molecule has 0 spiro atoms. The van der Waals surface area contributed by atoms with Crippen LogP contribution in [-0.4, -0.2) is 53.7 Å². The highest BCUT2D eigenvalue weighted by Gasteiger charge is 2.41. The summed E-state index contributed by atoms with van der Waals surface area (Å²) in [5, 5.41) is 11.3. The lowest BCUT2D eigenvalue weighted by atomic mass is 9.69. The van der Waals surface area contributed by atoms with Crippen LogP contribution in [0.4, 0.5) is 0 Å². The summed E-state index contributed by atoms with van der Waals surface area (Å²) in [6, 6.07) is 8.40. The normalized spacial score (nSPS) is 14.0. The van der Waals surface area contributed by atoms with Crippen molar-refractivity contribution in [3.8, 4) is 0 Å². The van der Waals surface area contributed by atoms with E-state index in [0.29, 0.717) is 12.3 Å². The van der Waals surface area contributed by atoms with Gasteiger partial charge in [0.1, 0.15) is 6.04 Å². The summed E-state index contributed by atoms with van der Waals surface area (Å²) in [5.74, 6) is -1.90. The number of hydrogen-bond donors (Lipinski definition) is 3. The molecule has 1 aromatic rings. The van der Waals surface area contributed by atoms with Crippen LogP contribution in [0.3, 0.4) is 0 Å². The standard InChI is InChI=1S/C24H39N3O5/c1-16(2)23(3,4)15-24(5,6)22(31)27(7)18(20(28)26-19(25)21(29)30)14-32-13-17-11-9-8-10-12-17/h8-12,16,18-19H,13-15,25H2,1-7H3,(H,26,28)(H,29,30). The van der Waals surface area contributed by atoms with Crippen molar-refractivity contribution in [3.63, 3.8) is 0 Å². The number of carbonyl (C=O) groups excluding carboxylic acids is 2. The van der Waals surface area contributed by atoms with E-state index in [4.69, 9.17) is 15.6 Å². The van der Waals surface area contributed by atoms with Gasteiger partial charge in [-0.15, -0.1) is 0 Å². The second-order valence-corrected chi connectivity index (χ2v) is 9.96. The third-order valence-corrected chi connectivity index (χ3v) is 6.08. The summed E-state index contributed by atoms with van der Waals surface area (Å²) in [6.07, 6.45) is -0.954. The monoisotopic (exact) mass is 449 g/mol. The largest absolute Gasteiger partial charge is 0.479 e. The van der Waals surface area contributed by atoms with Crippen molar-refractivity contribution in [1.82, 2.24) is 10.2 Å². The molecular formula is C24H39N3O5. The molecule has 0 fully saturated rings. The topological polar surface area (TPSA) is 122 Å². The van der Waals surface area contributed by atoms with Gasteiger partial charge >= 0.3 is 5.97 Å². The first-order valence-electron chi connectivity index (χ1n) is 10.9. The minimum atomic E-state index is -1.57. The van der Waals surface area contributed by atoms with E-state index >= 15 is 0 Å². The number of amides is 2. The molecule has 8 heteroatoms. The lowest BCUT2D eigenvalue weighted by molar-refractivity contribution is -0.150. The predicted molar refractivity (Wildman–Crippen MR) is 123 cm³/mol. The van der Waals surface area contributed by atoms with Gasteiger partial charge in [0.25, 0.3) is 0 Å². The van der Waals surface area contributed by atoms with Crippen LogP contribution in [0, 0.1) is 16.7 Å². The number of carboxylic acids is 1. The number of nitrogens with one attached hydrogen (secondary N) is 1. The van der Waals surface area contributed by atoms with Gasteiger partial charge in [0.2, 0.25) is 11.8 Å². The summed E-state index contributed by atoms with van der Waals surface area (Å²) in [6.45, 7) is 12.3. The first-order chi connectivity index (χ1) is 14.7. The molecule has 0 saturated carbocycles. The molecule has 2 atom stereocenters. The van der Waals surface area contributed by atoms with Crippen LogP contribution in [0.2, 0.25) is 0 Å². The lowest BCUT2D eigenvalue weighted by Gasteiger charge is -2.40. The van der Waals surface area contributed by atoms with E-state index in [0.717, 1.165) is 5.56 Å². The maximum atomic E-state index is 13.4. The molecule has 0 aromatic heterocycles. The quantitative estimate of drug-likeness (QED) is 0.422. The number of benzene rings is 1. The number of rotatable bonds is 12. The Morgan fingerprint density at radius 3 is 2.19 bits per heavy atom. The Bertz CT molecular complexity index is 777. The van der Waals surface area contributed by atoms with Gasteiger partial charge in [-0.3, -0.25) is 9.59 Å². The van der Waals surface area contributed by atoms with Gasteiger partial charge in [0.05, 0.1) is 13.2 Å². The lowest BCUT2D eigenvalue weighted by Crippen LogP contribution is -2.58. The van der Waals surface area contributed by atoms with Gasteiger partial charge in [-0.2, -0.15) is 0 Å². The molecule has 0 heterocycles. The predicted octanol–water partition coefficient (Wildman–Crippen LogP) is 2.61. The highest BCUT2D eigenvalue weighted by molar-refractivity contribution is 5.91. The minimum Gasteiger partial charge on any atom is -0.479 e. The maximum Gasteiger partial charge on any atom is 0.341 e. The zero-order valence-electron chi connectivity index (χ0n) is 20.3. The molecule has 1 rings (SSSR count). The molecule has 8 nitrogen and oxygen atoms in total. The fourth-order valence-electron chi connectivity index (χ4n) is 3.57. The molecule has 1 aromatic carbocycles. The van der Waals surface area contributed by atoms with Crippen molar-refractivity contribution in [2.45, 2.75) is 66.8 Å². The minimum absolute atomic E-state index is 0.0901. The van der Waals surface area contributed by atoms with Crippen LogP contribution in [0.1, 0.15) is 53.5 Å². The summed E-state index contributed by atoms with van der Waals surface area (Å²) in [7, 11) is 1.54. The van der Waals surface area contributed by atoms with E-state index in [2.05, 4.69) is 33.0 Å². The number of carbonyl (C=O) groups is 3. The summed E-state index contributed by atoms with van der Waals surface area (Å²) >= 11 is 0. The van der Waals surface area contributed by atoms with Gasteiger partial charge in [-0.05, 0) is 23.3 Å². The highest BCUT2D eigenvalue weighted by atomic mass is 16.5. The number of nitrogens with two attached hydrogens (primary N) is 1. The average molecular weight is 450 g/mol. The summed E-state index contributed by atoms with van der Waals surface area (Å²) < 4.78 is 5.73. The molecule has 180 valence electrons. The third-order valence-electron chi connectivity index (χ3n) is 6.08. The van der Waals surface area contributed by atoms with Crippen LogP contribution in [0.15, 0.2) is 30.3 Å². The first kappa shape index (κ1) is 27.6.